The van der Waals surface area contributed by atoms with Crippen LogP contribution in [-0.2, 0) is 13.0 Å². The molecule has 1 aromatic heterocycles. The van der Waals surface area contributed by atoms with Crippen molar-refractivity contribution in [2.45, 2.75) is 39.3 Å². The van der Waals surface area contributed by atoms with Crippen molar-refractivity contribution < 1.29 is 13.7 Å². The first kappa shape index (κ1) is 14.5. The lowest BCUT2D eigenvalue weighted by Gasteiger charge is -2.12. The van der Waals surface area contributed by atoms with E-state index in [1.54, 1.807) is 6.07 Å². The van der Waals surface area contributed by atoms with Gasteiger partial charge in [-0.3, -0.25) is 0 Å². The molecule has 0 bridgehead atoms. The van der Waals surface area contributed by atoms with Crippen molar-refractivity contribution in [2.24, 2.45) is 5.73 Å². The van der Waals surface area contributed by atoms with Crippen molar-refractivity contribution >= 4 is 0 Å². The van der Waals surface area contributed by atoms with Crippen molar-refractivity contribution in [2.75, 3.05) is 0 Å². The van der Waals surface area contributed by atoms with Crippen molar-refractivity contribution in [3.63, 3.8) is 0 Å². The van der Waals surface area contributed by atoms with Gasteiger partial charge in [-0.2, -0.15) is 4.98 Å². The van der Waals surface area contributed by atoms with Crippen LogP contribution in [-0.4, -0.2) is 10.1 Å². The molecule has 0 aliphatic heterocycles. The van der Waals surface area contributed by atoms with Gasteiger partial charge in [0.05, 0.1) is 0 Å². The van der Waals surface area contributed by atoms with E-state index >= 15 is 0 Å². The molecule has 0 aliphatic carbocycles. The Kier molecular flexibility index (Phi) is 4.68. The summed E-state index contributed by atoms with van der Waals surface area (Å²) in [5, 5.41) is 3.81. The molecule has 0 fully saturated rings. The molecule has 2 N–H and O–H groups in total. The maximum Gasteiger partial charge on any atom is 0.226 e. The largest absolute Gasteiger partial charge is 0.485 e. The lowest BCUT2D eigenvalue weighted by molar-refractivity contribution is 0.280. The highest BCUT2D eigenvalue weighted by atomic mass is 19.1. The van der Waals surface area contributed by atoms with Crippen molar-refractivity contribution in [1.82, 2.24) is 10.1 Å². The Bertz CT molecular complexity index is 569. The van der Waals surface area contributed by atoms with Crippen LogP contribution in [0.15, 0.2) is 22.7 Å². The van der Waals surface area contributed by atoms with Gasteiger partial charge in [-0.15, -0.1) is 0 Å². The van der Waals surface area contributed by atoms with E-state index in [0.717, 1.165) is 18.4 Å². The van der Waals surface area contributed by atoms with Gasteiger partial charge in [0.15, 0.2) is 6.61 Å². The van der Waals surface area contributed by atoms with Crippen LogP contribution in [0.3, 0.4) is 0 Å². The molecule has 1 heterocycles. The van der Waals surface area contributed by atoms with E-state index in [0.29, 0.717) is 17.5 Å². The second kappa shape index (κ2) is 6.47. The number of hydrogen-bond donors (Lipinski definition) is 1. The molecule has 108 valence electrons. The summed E-state index contributed by atoms with van der Waals surface area (Å²) in [4.78, 5) is 4.18. The molecule has 0 amide bonds. The van der Waals surface area contributed by atoms with Crippen LogP contribution in [0.1, 0.15) is 43.6 Å². The summed E-state index contributed by atoms with van der Waals surface area (Å²) in [6.45, 7) is 3.96. The maximum absolute atomic E-state index is 13.3. The number of nitrogens with two attached hydrogens (primary N) is 1. The van der Waals surface area contributed by atoms with E-state index in [-0.39, 0.29) is 18.5 Å². The first-order valence-corrected chi connectivity index (χ1v) is 6.59. The molecule has 2 rings (SSSR count). The fourth-order valence-corrected chi connectivity index (χ4v) is 1.82. The highest BCUT2D eigenvalue weighted by Gasteiger charge is 2.11. The number of benzene rings is 1. The van der Waals surface area contributed by atoms with Crippen LogP contribution in [0.25, 0.3) is 0 Å². The third-order valence-electron chi connectivity index (χ3n) is 2.80. The van der Waals surface area contributed by atoms with Crippen LogP contribution in [0.4, 0.5) is 4.39 Å². The number of aryl methyl sites for hydroxylation is 1. The zero-order valence-corrected chi connectivity index (χ0v) is 11.6. The molecule has 6 heteroatoms. The lowest BCUT2D eigenvalue weighted by atomic mass is 10.1. The Balaban J connectivity index is 2.07. The summed E-state index contributed by atoms with van der Waals surface area (Å²) < 4.78 is 23.9. The minimum Gasteiger partial charge on any atom is -0.485 e. The van der Waals surface area contributed by atoms with Crippen molar-refractivity contribution in [3.05, 3.63) is 41.3 Å². The van der Waals surface area contributed by atoms with Gasteiger partial charge in [-0.25, -0.2) is 4.39 Å². The predicted molar refractivity (Wildman–Crippen MR) is 71.6 cm³/mol. The smallest absolute Gasteiger partial charge is 0.226 e. The highest BCUT2D eigenvalue weighted by molar-refractivity contribution is 5.36. The molecule has 0 aliphatic rings. The molecular formula is C14H18FN3O2. The molecule has 20 heavy (non-hydrogen) atoms. The van der Waals surface area contributed by atoms with E-state index in [1.165, 1.54) is 12.1 Å². The summed E-state index contributed by atoms with van der Waals surface area (Å²) in [7, 11) is 0. The first-order chi connectivity index (χ1) is 9.60. The molecule has 0 saturated carbocycles. The Morgan fingerprint density at radius 1 is 1.45 bits per heavy atom. The second-order valence-corrected chi connectivity index (χ2v) is 4.61. The number of nitrogens with zero attached hydrogens (tertiary/aromatic N) is 2. The summed E-state index contributed by atoms with van der Waals surface area (Å²) in [6.07, 6.45) is 1.67. The number of aromatic nitrogens is 2. The van der Waals surface area contributed by atoms with E-state index < -0.39 is 0 Å². The van der Waals surface area contributed by atoms with E-state index in [2.05, 4.69) is 10.1 Å². The predicted octanol–water partition coefficient (Wildman–Crippen LogP) is 2.76. The quantitative estimate of drug-likeness (QED) is 0.880. The van der Waals surface area contributed by atoms with Crippen molar-refractivity contribution in [1.29, 1.82) is 0 Å². The van der Waals surface area contributed by atoms with Gasteiger partial charge in [0.1, 0.15) is 11.6 Å². The average molecular weight is 279 g/mol. The highest BCUT2D eigenvalue weighted by Crippen LogP contribution is 2.25. The summed E-state index contributed by atoms with van der Waals surface area (Å²) in [5.74, 6) is 1.05. The van der Waals surface area contributed by atoms with Crippen LogP contribution in [0, 0.1) is 5.82 Å². The fourth-order valence-electron chi connectivity index (χ4n) is 1.82. The normalized spacial score (nSPS) is 12.4. The first-order valence-electron chi connectivity index (χ1n) is 6.59. The van der Waals surface area contributed by atoms with Gasteiger partial charge in [0, 0.05) is 24.1 Å². The minimum atomic E-state index is -0.371. The standard InChI is InChI=1S/C14H18FN3O2/c1-3-4-14-17-13(18-20-14)8-19-12-7-10(15)5-6-11(12)9(2)16/h5-7,9H,3-4,8,16H2,1-2H3/t9-/m1/s1. The molecular weight excluding hydrogens is 261 g/mol. The lowest BCUT2D eigenvalue weighted by Crippen LogP contribution is -2.09. The second-order valence-electron chi connectivity index (χ2n) is 4.61. The van der Waals surface area contributed by atoms with Gasteiger partial charge in [0.2, 0.25) is 11.7 Å². The van der Waals surface area contributed by atoms with Crippen LogP contribution in [0.2, 0.25) is 0 Å². The van der Waals surface area contributed by atoms with Crippen molar-refractivity contribution in [3.8, 4) is 5.75 Å². The summed E-state index contributed by atoms with van der Waals surface area (Å²) in [6, 6.07) is 4.05. The third-order valence-corrected chi connectivity index (χ3v) is 2.80. The van der Waals surface area contributed by atoms with Crippen LogP contribution in [0.5, 0.6) is 5.75 Å². The zero-order valence-electron chi connectivity index (χ0n) is 11.6. The molecule has 1 aromatic carbocycles. The number of ether oxygens (including phenoxy) is 1. The van der Waals surface area contributed by atoms with Gasteiger partial charge in [-0.1, -0.05) is 18.1 Å². The summed E-state index contributed by atoms with van der Waals surface area (Å²) in [5.41, 5.74) is 6.56. The zero-order chi connectivity index (χ0) is 14.5. The maximum atomic E-state index is 13.3. The third kappa shape index (κ3) is 3.54. The van der Waals surface area contributed by atoms with Crippen LogP contribution >= 0.6 is 0 Å². The van der Waals surface area contributed by atoms with Gasteiger partial charge < -0.3 is 15.0 Å². The molecule has 2 aromatic rings. The minimum absolute atomic E-state index is 0.121. The Morgan fingerprint density at radius 2 is 2.25 bits per heavy atom. The SMILES string of the molecule is CCCc1nc(COc2cc(F)ccc2[C@@H](C)N)no1. The van der Waals surface area contributed by atoms with E-state index in [9.17, 15) is 4.39 Å². The molecule has 1 atom stereocenters. The molecule has 0 spiro atoms. The number of rotatable bonds is 6. The fraction of sp³-hybridized carbons (Fsp3) is 0.429. The van der Waals surface area contributed by atoms with Crippen LogP contribution < -0.4 is 10.5 Å². The Morgan fingerprint density at radius 3 is 2.95 bits per heavy atom. The monoisotopic (exact) mass is 279 g/mol. The van der Waals surface area contributed by atoms with Gasteiger partial charge in [-0.05, 0) is 19.4 Å². The topological polar surface area (TPSA) is 74.2 Å². The van der Waals surface area contributed by atoms with Gasteiger partial charge >= 0.3 is 0 Å². The van der Waals surface area contributed by atoms with Gasteiger partial charge in [0.25, 0.3) is 0 Å². The molecule has 0 unspecified atom stereocenters. The molecule has 0 saturated heterocycles. The molecule has 5 nitrogen and oxygen atoms in total. The van der Waals surface area contributed by atoms with E-state index in [4.69, 9.17) is 15.0 Å². The average Bonchev–Trinajstić information content (AvgIpc) is 2.84. The van der Waals surface area contributed by atoms with E-state index in [1.807, 2.05) is 13.8 Å². The number of hydrogen-bond acceptors (Lipinski definition) is 5. The summed E-state index contributed by atoms with van der Waals surface area (Å²) >= 11 is 0. The Labute approximate surface area is 116 Å². The molecule has 0 radical (unpaired) electrons. The number of halogens is 1. The Hall–Kier alpha value is -1.95.